The van der Waals surface area contributed by atoms with Crippen molar-refractivity contribution in [2.24, 2.45) is 11.5 Å². The van der Waals surface area contributed by atoms with Crippen molar-refractivity contribution in [3.8, 4) is 5.69 Å². The summed E-state index contributed by atoms with van der Waals surface area (Å²) in [6, 6.07) is 21.3. The van der Waals surface area contributed by atoms with E-state index in [-0.39, 0.29) is 18.7 Å². The molecule has 0 spiro atoms. The zero-order valence-electron chi connectivity index (χ0n) is 19.9. The Hall–Kier alpha value is -4.21. The summed E-state index contributed by atoms with van der Waals surface area (Å²) < 4.78 is 42.1. The van der Waals surface area contributed by atoms with Gasteiger partial charge in [-0.2, -0.15) is 18.3 Å². The molecule has 37 heavy (non-hydrogen) atoms. The number of allylic oxidation sites excluding steroid dienone is 2. The Morgan fingerprint density at radius 3 is 2.41 bits per heavy atom. The van der Waals surface area contributed by atoms with Gasteiger partial charge in [0.15, 0.2) is 5.69 Å². The fourth-order valence-corrected chi connectivity index (χ4v) is 4.05. The molecule has 0 aliphatic carbocycles. The lowest BCUT2D eigenvalue weighted by atomic mass is 9.94. The second-order valence-electron chi connectivity index (χ2n) is 8.65. The molecule has 9 heteroatoms. The standard InChI is InChI=1S/C28H26F3N5O/c1-17(22-12-6-9-20-8-3-4-11-23(20)22)13-18(2)24-15-25(28(29,30)31)35-36(24)21-10-5-7-19(14-21)16-34-27(37)26(32)33/h3-12,14-15,26H,1-2,13,16,32-33H2,(H,34,37). The maximum atomic E-state index is 13.6. The summed E-state index contributed by atoms with van der Waals surface area (Å²) >= 11 is 0. The van der Waals surface area contributed by atoms with Crippen LogP contribution in [-0.4, -0.2) is 21.9 Å². The second-order valence-corrected chi connectivity index (χ2v) is 8.65. The smallest absolute Gasteiger partial charge is 0.350 e. The number of hydrogen-bond donors (Lipinski definition) is 3. The predicted molar refractivity (Wildman–Crippen MR) is 139 cm³/mol. The lowest BCUT2D eigenvalue weighted by molar-refractivity contribution is -0.141. The van der Waals surface area contributed by atoms with E-state index in [0.717, 1.165) is 28.0 Å². The van der Waals surface area contributed by atoms with Crippen LogP contribution in [0, 0.1) is 0 Å². The quantitative estimate of drug-likeness (QED) is 0.293. The van der Waals surface area contributed by atoms with Crippen molar-refractivity contribution < 1.29 is 18.0 Å². The van der Waals surface area contributed by atoms with Crippen LogP contribution in [0.5, 0.6) is 0 Å². The van der Waals surface area contributed by atoms with Gasteiger partial charge in [0.1, 0.15) is 6.17 Å². The number of rotatable bonds is 8. The number of fused-ring (bicyclic) bond motifs is 1. The molecule has 0 aliphatic rings. The minimum absolute atomic E-state index is 0.0964. The Bertz CT molecular complexity index is 1480. The molecule has 0 saturated carbocycles. The summed E-state index contributed by atoms with van der Waals surface area (Å²) in [6.45, 7) is 8.37. The first kappa shape index (κ1) is 25.9. The number of halogens is 3. The van der Waals surface area contributed by atoms with E-state index < -0.39 is 23.9 Å². The summed E-state index contributed by atoms with van der Waals surface area (Å²) in [7, 11) is 0. The number of alkyl halides is 3. The largest absolute Gasteiger partial charge is 0.435 e. The van der Waals surface area contributed by atoms with Crippen LogP contribution in [0.3, 0.4) is 0 Å². The zero-order chi connectivity index (χ0) is 26.7. The average molecular weight is 506 g/mol. The number of nitrogens with one attached hydrogen (secondary N) is 1. The highest BCUT2D eigenvalue weighted by molar-refractivity contribution is 5.95. The molecule has 4 rings (SSSR count). The van der Waals surface area contributed by atoms with Gasteiger partial charge in [-0.15, -0.1) is 0 Å². The molecule has 0 saturated heterocycles. The molecule has 4 aromatic rings. The molecule has 0 unspecified atom stereocenters. The second kappa shape index (κ2) is 10.4. The molecular formula is C28H26F3N5O. The maximum absolute atomic E-state index is 13.6. The van der Waals surface area contributed by atoms with Gasteiger partial charge in [0, 0.05) is 6.54 Å². The van der Waals surface area contributed by atoms with Crippen LogP contribution in [-0.2, 0) is 17.5 Å². The molecule has 190 valence electrons. The molecule has 0 aliphatic heterocycles. The van der Waals surface area contributed by atoms with Crippen LogP contribution in [0.25, 0.3) is 27.6 Å². The molecule has 1 aromatic heterocycles. The summed E-state index contributed by atoms with van der Waals surface area (Å²) in [5.41, 5.74) is 12.9. The Morgan fingerprint density at radius 1 is 0.973 bits per heavy atom. The van der Waals surface area contributed by atoms with E-state index in [4.69, 9.17) is 11.5 Å². The van der Waals surface area contributed by atoms with Gasteiger partial charge < -0.3 is 16.8 Å². The molecule has 6 nitrogen and oxygen atoms in total. The number of nitrogens with zero attached hydrogens (tertiary/aromatic N) is 2. The number of nitrogens with two attached hydrogens (primary N) is 2. The van der Waals surface area contributed by atoms with Crippen LogP contribution in [0.1, 0.15) is 28.9 Å². The summed E-state index contributed by atoms with van der Waals surface area (Å²) in [4.78, 5) is 11.7. The van der Waals surface area contributed by atoms with E-state index in [1.165, 1.54) is 4.68 Å². The minimum Gasteiger partial charge on any atom is -0.350 e. The first-order valence-electron chi connectivity index (χ1n) is 11.4. The van der Waals surface area contributed by atoms with E-state index in [9.17, 15) is 18.0 Å². The van der Waals surface area contributed by atoms with Gasteiger partial charge in [0.05, 0.1) is 11.4 Å². The Kier molecular flexibility index (Phi) is 7.28. The Morgan fingerprint density at radius 2 is 1.68 bits per heavy atom. The minimum atomic E-state index is -4.64. The lowest BCUT2D eigenvalue weighted by Gasteiger charge is -2.14. The third-order valence-electron chi connectivity index (χ3n) is 5.88. The van der Waals surface area contributed by atoms with Gasteiger partial charge in [0.2, 0.25) is 0 Å². The first-order valence-corrected chi connectivity index (χ1v) is 11.4. The summed E-state index contributed by atoms with van der Waals surface area (Å²) in [5, 5.41) is 8.45. The normalized spacial score (nSPS) is 11.6. The molecule has 1 heterocycles. The number of hydrogen-bond acceptors (Lipinski definition) is 4. The maximum Gasteiger partial charge on any atom is 0.435 e. The molecule has 0 bridgehead atoms. The predicted octanol–water partition coefficient (Wildman–Crippen LogP) is 5.02. The van der Waals surface area contributed by atoms with Crippen molar-refractivity contribution in [2.75, 3.05) is 0 Å². The van der Waals surface area contributed by atoms with Gasteiger partial charge in [-0.3, -0.25) is 4.79 Å². The van der Waals surface area contributed by atoms with Crippen molar-refractivity contribution in [1.29, 1.82) is 0 Å². The van der Waals surface area contributed by atoms with Crippen molar-refractivity contribution in [1.82, 2.24) is 15.1 Å². The van der Waals surface area contributed by atoms with E-state index in [1.54, 1.807) is 24.3 Å². The molecule has 0 radical (unpaired) electrons. The van der Waals surface area contributed by atoms with Gasteiger partial charge in [-0.1, -0.05) is 67.8 Å². The molecule has 1 amide bonds. The van der Waals surface area contributed by atoms with E-state index in [0.29, 0.717) is 16.8 Å². The Labute approximate surface area is 212 Å². The summed E-state index contributed by atoms with van der Waals surface area (Å²) in [5.74, 6) is -0.551. The van der Waals surface area contributed by atoms with Crippen LogP contribution in [0.4, 0.5) is 13.2 Å². The van der Waals surface area contributed by atoms with Gasteiger partial charge in [-0.25, -0.2) is 4.68 Å². The number of benzene rings is 3. The lowest BCUT2D eigenvalue weighted by Crippen LogP contribution is -2.46. The van der Waals surface area contributed by atoms with Crippen LogP contribution in [0.15, 0.2) is 86.0 Å². The molecule has 5 N–H and O–H groups in total. The third-order valence-corrected chi connectivity index (χ3v) is 5.88. The number of aromatic nitrogens is 2. The van der Waals surface area contributed by atoms with E-state index in [2.05, 4.69) is 23.6 Å². The van der Waals surface area contributed by atoms with E-state index >= 15 is 0 Å². The molecule has 3 aromatic carbocycles. The number of carbonyl (C=O) groups excluding carboxylic acids is 1. The average Bonchev–Trinajstić information content (AvgIpc) is 3.33. The zero-order valence-corrected chi connectivity index (χ0v) is 19.9. The van der Waals surface area contributed by atoms with Crippen LogP contribution < -0.4 is 16.8 Å². The molecular weight excluding hydrogens is 479 g/mol. The Balaban J connectivity index is 1.66. The highest BCUT2D eigenvalue weighted by Gasteiger charge is 2.35. The first-order chi connectivity index (χ1) is 17.5. The van der Waals surface area contributed by atoms with Crippen molar-refractivity contribution in [2.45, 2.75) is 25.3 Å². The van der Waals surface area contributed by atoms with Crippen molar-refractivity contribution in [3.63, 3.8) is 0 Å². The van der Waals surface area contributed by atoms with Crippen LogP contribution >= 0.6 is 0 Å². The van der Waals surface area contributed by atoms with Gasteiger partial charge in [0.25, 0.3) is 5.91 Å². The highest BCUT2D eigenvalue weighted by atomic mass is 19.4. The van der Waals surface area contributed by atoms with Crippen molar-refractivity contribution >= 4 is 27.8 Å². The van der Waals surface area contributed by atoms with Gasteiger partial charge in [-0.05, 0) is 57.7 Å². The highest BCUT2D eigenvalue weighted by Crippen LogP contribution is 2.35. The fourth-order valence-electron chi connectivity index (χ4n) is 4.05. The topological polar surface area (TPSA) is 99.0 Å². The van der Waals surface area contributed by atoms with Crippen LogP contribution in [0.2, 0.25) is 0 Å². The number of amides is 1. The molecule has 0 fully saturated rings. The monoisotopic (exact) mass is 505 g/mol. The van der Waals surface area contributed by atoms with Crippen molar-refractivity contribution in [3.05, 3.63) is 108 Å². The summed E-state index contributed by atoms with van der Waals surface area (Å²) in [6.07, 6.45) is -5.58. The number of carbonyl (C=O) groups is 1. The third kappa shape index (κ3) is 5.79. The SMILES string of the molecule is C=C(CC(=C)c1cc(C(F)(F)F)nn1-c1cccc(CNC(=O)C(N)N)c1)c1cccc2ccccc12. The molecule has 0 atom stereocenters. The fraction of sp³-hybridized carbons (Fsp3) is 0.143. The van der Waals surface area contributed by atoms with E-state index in [1.807, 2.05) is 42.5 Å². The van der Waals surface area contributed by atoms with Gasteiger partial charge >= 0.3 is 6.18 Å².